The van der Waals surface area contributed by atoms with Gasteiger partial charge in [-0.2, -0.15) is 0 Å². The van der Waals surface area contributed by atoms with E-state index in [1.807, 2.05) is 19.2 Å². The lowest BCUT2D eigenvalue weighted by molar-refractivity contribution is 1.17. The van der Waals surface area contributed by atoms with E-state index >= 15 is 0 Å². The zero-order valence-electron chi connectivity index (χ0n) is 4.10. The third-order valence-electron chi connectivity index (χ3n) is 0.927. The van der Waals surface area contributed by atoms with Crippen molar-refractivity contribution >= 4 is 12.6 Å². The van der Waals surface area contributed by atoms with Gasteiger partial charge in [-0.15, -0.1) is 12.6 Å². The van der Waals surface area contributed by atoms with Crippen LogP contribution in [0.2, 0.25) is 0 Å². The molecule has 0 atom stereocenters. The first-order chi connectivity index (χ1) is 3.30. The first-order valence-corrected chi connectivity index (χ1v) is 2.58. The summed E-state index contributed by atoms with van der Waals surface area (Å²) in [5, 5.41) is 0.958. The SMILES string of the molecule is Cc1cc[nH]c1S. The maximum atomic E-state index is 4.09. The first-order valence-electron chi connectivity index (χ1n) is 2.13. The van der Waals surface area contributed by atoms with Gasteiger partial charge >= 0.3 is 0 Å². The molecular weight excluding hydrogens is 106 g/mol. The Morgan fingerprint density at radius 2 is 2.43 bits per heavy atom. The van der Waals surface area contributed by atoms with E-state index in [0.717, 1.165) is 5.03 Å². The van der Waals surface area contributed by atoms with E-state index in [2.05, 4.69) is 17.6 Å². The van der Waals surface area contributed by atoms with E-state index in [1.54, 1.807) is 0 Å². The highest BCUT2D eigenvalue weighted by Gasteiger charge is 1.86. The highest BCUT2D eigenvalue weighted by Crippen LogP contribution is 2.06. The summed E-state index contributed by atoms with van der Waals surface area (Å²) in [4.78, 5) is 2.93. The summed E-state index contributed by atoms with van der Waals surface area (Å²) < 4.78 is 0. The van der Waals surface area contributed by atoms with Gasteiger partial charge in [0.2, 0.25) is 0 Å². The van der Waals surface area contributed by atoms with Gasteiger partial charge in [0.1, 0.15) is 0 Å². The average molecular weight is 113 g/mol. The molecule has 38 valence electrons. The molecule has 1 heterocycles. The van der Waals surface area contributed by atoms with Gasteiger partial charge in [0.15, 0.2) is 0 Å². The molecule has 1 aromatic heterocycles. The van der Waals surface area contributed by atoms with E-state index in [0.29, 0.717) is 0 Å². The molecule has 0 aliphatic heterocycles. The zero-order valence-corrected chi connectivity index (χ0v) is 5.00. The predicted octanol–water partition coefficient (Wildman–Crippen LogP) is 1.61. The highest BCUT2D eigenvalue weighted by molar-refractivity contribution is 7.80. The molecule has 1 N–H and O–H groups in total. The smallest absolute Gasteiger partial charge is 0.0720 e. The Hall–Kier alpha value is -0.370. The lowest BCUT2D eigenvalue weighted by Crippen LogP contribution is -1.62. The van der Waals surface area contributed by atoms with Gasteiger partial charge in [-0.3, -0.25) is 0 Å². The Morgan fingerprint density at radius 3 is 2.57 bits per heavy atom. The number of thiol groups is 1. The average Bonchev–Trinajstić information content (AvgIpc) is 1.91. The molecule has 0 spiro atoms. The fraction of sp³-hybridized carbons (Fsp3) is 0.200. The van der Waals surface area contributed by atoms with Crippen molar-refractivity contribution in [3.05, 3.63) is 17.8 Å². The van der Waals surface area contributed by atoms with Gasteiger partial charge in [-0.25, -0.2) is 0 Å². The number of aryl methyl sites for hydroxylation is 1. The van der Waals surface area contributed by atoms with Crippen molar-refractivity contribution in [1.82, 2.24) is 4.98 Å². The van der Waals surface area contributed by atoms with Crippen LogP contribution in [0.25, 0.3) is 0 Å². The standard InChI is InChI=1S/C5H7NS/c1-4-2-3-6-5(4)7/h2-3,6-7H,1H3. The van der Waals surface area contributed by atoms with Crippen LogP contribution in [-0.4, -0.2) is 4.98 Å². The zero-order chi connectivity index (χ0) is 5.28. The van der Waals surface area contributed by atoms with Crippen LogP contribution in [0, 0.1) is 6.92 Å². The minimum atomic E-state index is 0.958. The second-order valence-electron chi connectivity index (χ2n) is 1.51. The molecule has 0 saturated carbocycles. The summed E-state index contributed by atoms with van der Waals surface area (Å²) >= 11 is 4.09. The van der Waals surface area contributed by atoms with Crippen LogP contribution in [0.3, 0.4) is 0 Å². The van der Waals surface area contributed by atoms with E-state index in [9.17, 15) is 0 Å². The number of H-pyrrole nitrogens is 1. The number of hydrogen-bond donors (Lipinski definition) is 2. The summed E-state index contributed by atoms with van der Waals surface area (Å²) in [6.07, 6.45) is 1.87. The second kappa shape index (κ2) is 1.62. The second-order valence-corrected chi connectivity index (χ2v) is 1.96. The maximum absolute atomic E-state index is 4.09. The normalized spacial score (nSPS) is 9.43. The van der Waals surface area contributed by atoms with Crippen molar-refractivity contribution in [2.75, 3.05) is 0 Å². The van der Waals surface area contributed by atoms with Gasteiger partial charge in [-0.05, 0) is 18.6 Å². The molecule has 1 nitrogen and oxygen atoms in total. The molecule has 1 rings (SSSR count). The quantitative estimate of drug-likeness (QED) is 0.475. The van der Waals surface area contributed by atoms with E-state index in [1.165, 1.54) is 5.56 Å². The topological polar surface area (TPSA) is 15.8 Å². The molecule has 0 saturated heterocycles. The molecule has 0 aliphatic carbocycles. The van der Waals surface area contributed by atoms with Crippen LogP contribution in [0.1, 0.15) is 5.56 Å². The summed E-state index contributed by atoms with van der Waals surface area (Å²) in [5.41, 5.74) is 1.20. The highest BCUT2D eigenvalue weighted by atomic mass is 32.1. The molecule has 0 amide bonds. The monoisotopic (exact) mass is 113 g/mol. The van der Waals surface area contributed by atoms with Gasteiger partial charge < -0.3 is 4.98 Å². The minimum Gasteiger partial charge on any atom is -0.356 e. The predicted molar refractivity (Wildman–Crippen MR) is 32.8 cm³/mol. The third-order valence-corrected chi connectivity index (χ3v) is 1.41. The van der Waals surface area contributed by atoms with Crippen LogP contribution in [0.5, 0.6) is 0 Å². The van der Waals surface area contributed by atoms with Crippen molar-refractivity contribution < 1.29 is 0 Å². The largest absolute Gasteiger partial charge is 0.356 e. The molecule has 2 heteroatoms. The molecular formula is C5H7NS. The minimum absolute atomic E-state index is 0.958. The van der Waals surface area contributed by atoms with Gasteiger partial charge in [-0.1, -0.05) is 0 Å². The third kappa shape index (κ3) is 0.800. The Labute approximate surface area is 48.2 Å². The van der Waals surface area contributed by atoms with Gasteiger partial charge in [0.25, 0.3) is 0 Å². The van der Waals surface area contributed by atoms with Crippen LogP contribution in [0.15, 0.2) is 17.3 Å². The molecule has 0 aliphatic rings. The lowest BCUT2D eigenvalue weighted by atomic mass is 10.4. The van der Waals surface area contributed by atoms with Crippen molar-refractivity contribution in [3.8, 4) is 0 Å². The number of aromatic amines is 1. The Balaban J connectivity index is 3.12. The van der Waals surface area contributed by atoms with E-state index in [-0.39, 0.29) is 0 Å². The molecule has 0 fully saturated rings. The molecule has 0 bridgehead atoms. The lowest BCUT2D eigenvalue weighted by Gasteiger charge is -1.80. The molecule has 1 aromatic rings. The van der Waals surface area contributed by atoms with E-state index < -0.39 is 0 Å². The fourth-order valence-electron chi connectivity index (χ4n) is 0.438. The summed E-state index contributed by atoms with van der Waals surface area (Å²) in [7, 11) is 0. The van der Waals surface area contributed by atoms with Crippen molar-refractivity contribution in [2.24, 2.45) is 0 Å². The van der Waals surface area contributed by atoms with Crippen molar-refractivity contribution in [2.45, 2.75) is 11.9 Å². The van der Waals surface area contributed by atoms with Crippen LogP contribution >= 0.6 is 12.6 Å². The molecule has 0 aromatic carbocycles. The number of rotatable bonds is 0. The van der Waals surface area contributed by atoms with Crippen LogP contribution in [-0.2, 0) is 0 Å². The summed E-state index contributed by atoms with van der Waals surface area (Å²) in [6, 6.07) is 1.99. The molecule has 0 radical (unpaired) electrons. The Bertz CT molecular complexity index is 140. The molecule has 7 heavy (non-hydrogen) atoms. The van der Waals surface area contributed by atoms with Crippen molar-refractivity contribution in [1.29, 1.82) is 0 Å². The maximum Gasteiger partial charge on any atom is 0.0720 e. The summed E-state index contributed by atoms with van der Waals surface area (Å²) in [5.74, 6) is 0. The molecule has 0 unspecified atom stereocenters. The first kappa shape index (κ1) is 4.78. The number of aromatic nitrogens is 1. The fourth-order valence-corrected chi connectivity index (χ4v) is 0.587. The summed E-state index contributed by atoms with van der Waals surface area (Å²) in [6.45, 7) is 2.01. The number of hydrogen-bond acceptors (Lipinski definition) is 1. The van der Waals surface area contributed by atoms with Crippen LogP contribution in [0.4, 0.5) is 0 Å². The Kier molecular flexibility index (Phi) is 1.11. The van der Waals surface area contributed by atoms with Gasteiger partial charge in [0.05, 0.1) is 5.03 Å². The van der Waals surface area contributed by atoms with Gasteiger partial charge in [0, 0.05) is 6.20 Å². The van der Waals surface area contributed by atoms with Crippen molar-refractivity contribution in [3.63, 3.8) is 0 Å². The van der Waals surface area contributed by atoms with Crippen LogP contribution < -0.4 is 0 Å². The number of nitrogens with one attached hydrogen (secondary N) is 1. The Morgan fingerprint density at radius 1 is 1.71 bits per heavy atom. The van der Waals surface area contributed by atoms with E-state index in [4.69, 9.17) is 0 Å².